The molecular weight excluding hydrogens is 484 g/mol. The Kier molecular flexibility index (Phi) is 5.34. The number of likely N-dealkylation sites (tertiary alicyclic amines) is 1. The maximum atomic E-state index is 13.4. The van der Waals surface area contributed by atoms with E-state index in [1.54, 1.807) is 0 Å². The number of carbonyl (C=O) groups is 1. The lowest BCUT2D eigenvalue weighted by molar-refractivity contribution is -0.151. The molecule has 1 aromatic carbocycles. The second kappa shape index (κ2) is 8.46. The molecule has 0 unspecified atom stereocenters. The molecule has 200 valence electrons. The van der Waals surface area contributed by atoms with Crippen molar-refractivity contribution in [1.29, 1.82) is 0 Å². The fourth-order valence-electron chi connectivity index (χ4n) is 6.66. The van der Waals surface area contributed by atoms with Crippen molar-refractivity contribution in [2.75, 3.05) is 33.8 Å². The molecule has 0 spiro atoms. The number of fused-ring (bicyclic) bond motifs is 4. The van der Waals surface area contributed by atoms with Crippen molar-refractivity contribution >= 4 is 16.8 Å². The number of ether oxygens (including phenoxy) is 3. The summed E-state index contributed by atoms with van der Waals surface area (Å²) in [5, 5.41) is 10.1. The molecule has 1 saturated carbocycles. The highest BCUT2D eigenvalue weighted by molar-refractivity contribution is 5.85. The molecule has 3 saturated heterocycles. The SMILES string of the molecule is C[C@@H](Oc1ccc2ncc3c(c2c1)CCOC3)c1cn(C23CC(C)(C2)O[C@H]3C(=O)N2CC(N(C)C)C2)nn1. The second-order valence-electron chi connectivity index (χ2n) is 11.9. The van der Waals surface area contributed by atoms with Crippen LogP contribution in [0.25, 0.3) is 10.9 Å². The van der Waals surface area contributed by atoms with E-state index in [0.29, 0.717) is 12.6 Å². The summed E-state index contributed by atoms with van der Waals surface area (Å²) >= 11 is 0. The first-order valence-electron chi connectivity index (χ1n) is 13.5. The Labute approximate surface area is 221 Å². The van der Waals surface area contributed by atoms with Crippen LogP contribution in [0.15, 0.2) is 30.6 Å². The van der Waals surface area contributed by atoms with Gasteiger partial charge >= 0.3 is 0 Å². The zero-order valence-corrected chi connectivity index (χ0v) is 22.4. The molecule has 2 atom stereocenters. The van der Waals surface area contributed by atoms with Crippen molar-refractivity contribution in [2.45, 2.75) is 69.1 Å². The van der Waals surface area contributed by atoms with E-state index >= 15 is 0 Å². The van der Waals surface area contributed by atoms with E-state index in [0.717, 1.165) is 66.9 Å². The molecule has 10 nitrogen and oxygen atoms in total. The van der Waals surface area contributed by atoms with Crippen LogP contribution in [0.1, 0.15) is 49.6 Å². The average Bonchev–Trinajstić information content (AvgIpc) is 3.54. The molecule has 5 aliphatic rings. The lowest BCUT2D eigenvalue weighted by Crippen LogP contribution is -2.63. The molecule has 1 amide bonds. The predicted octanol–water partition coefficient (Wildman–Crippen LogP) is 2.46. The van der Waals surface area contributed by atoms with Crippen LogP contribution in [-0.4, -0.2) is 87.2 Å². The summed E-state index contributed by atoms with van der Waals surface area (Å²) in [5.74, 6) is 0.824. The minimum absolute atomic E-state index is 0.0594. The molecule has 3 aromatic rings. The monoisotopic (exact) mass is 518 g/mol. The van der Waals surface area contributed by atoms with Crippen LogP contribution in [0.3, 0.4) is 0 Å². The van der Waals surface area contributed by atoms with E-state index in [1.807, 2.05) is 41.0 Å². The summed E-state index contributed by atoms with van der Waals surface area (Å²) in [4.78, 5) is 22.1. The zero-order chi connectivity index (χ0) is 26.2. The average molecular weight is 519 g/mol. The number of likely N-dealkylation sites (N-methyl/N-ethyl adjacent to an activating group) is 1. The summed E-state index contributed by atoms with van der Waals surface area (Å²) < 4.78 is 20.1. The molecule has 38 heavy (non-hydrogen) atoms. The van der Waals surface area contributed by atoms with Crippen molar-refractivity contribution in [1.82, 2.24) is 29.8 Å². The highest BCUT2D eigenvalue weighted by Crippen LogP contribution is 2.60. The van der Waals surface area contributed by atoms with Gasteiger partial charge in [0.15, 0.2) is 6.10 Å². The number of hydrogen-bond acceptors (Lipinski definition) is 8. The van der Waals surface area contributed by atoms with E-state index in [9.17, 15) is 4.79 Å². The highest BCUT2D eigenvalue weighted by atomic mass is 16.5. The van der Waals surface area contributed by atoms with Gasteiger partial charge in [-0.2, -0.15) is 0 Å². The second-order valence-corrected chi connectivity index (χ2v) is 11.9. The molecule has 2 aromatic heterocycles. The van der Waals surface area contributed by atoms with Gasteiger partial charge in [0.25, 0.3) is 5.91 Å². The normalized spacial score (nSPS) is 29.2. The molecule has 0 radical (unpaired) electrons. The third-order valence-corrected chi connectivity index (χ3v) is 8.87. The maximum Gasteiger partial charge on any atom is 0.254 e. The van der Waals surface area contributed by atoms with Crippen LogP contribution in [0.4, 0.5) is 0 Å². The van der Waals surface area contributed by atoms with Crippen molar-refractivity contribution in [3.63, 3.8) is 0 Å². The summed E-state index contributed by atoms with van der Waals surface area (Å²) in [5.41, 5.74) is 3.33. The number of carbonyl (C=O) groups excluding carboxylic acids is 1. The van der Waals surface area contributed by atoms with Gasteiger partial charge in [-0.1, -0.05) is 5.21 Å². The summed E-state index contributed by atoms with van der Waals surface area (Å²) in [6.45, 7) is 6.86. The fourth-order valence-corrected chi connectivity index (χ4v) is 6.66. The number of aromatic nitrogens is 4. The van der Waals surface area contributed by atoms with Gasteiger partial charge in [-0.05, 0) is 63.7 Å². The van der Waals surface area contributed by atoms with Gasteiger partial charge in [0.2, 0.25) is 0 Å². The molecule has 0 N–H and O–H groups in total. The van der Waals surface area contributed by atoms with Gasteiger partial charge in [-0.3, -0.25) is 9.78 Å². The van der Waals surface area contributed by atoms with Crippen LogP contribution in [0.2, 0.25) is 0 Å². The van der Waals surface area contributed by atoms with Crippen LogP contribution < -0.4 is 4.74 Å². The van der Waals surface area contributed by atoms with Gasteiger partial charge in [0, 0.05) is 43.6 Å². The fraction of sp³-hybridized carbons (Fsp3) is 0.571. The molecule has 1 aliphatic carbocycles. The molecule has 2 bridgehead atoms. The summed E-state index contributed by atoms with van der Waals surface area (Å²) in [6, 6.07) is 6.42. The van der Waals surface area contributed by atoms with Crippen molar-refractivity contribution in [2.24, 2.45) is 0 Å². The third kappa shape index (κ3) is 3.65. The van der Waals surface area contributed by atoms with Crippen LogP contribution in [0.5, 0.6) is 5.75 Å². The smallest absolute Gasteiger partial charge is 0.254 e. The Bertz CT molecular complexity index is 1410. The predicted molar refractivity (Wildman–Crippen MR) is 139 cm³/mol. The number of rotatable bonds is 6. The molecule has 4 aliphatic heterocycles. The number of benzene rings is 1. The van der Waals surface area contributed by atoms with Gasteiger partial charge in [0.05, 0.1) is 30.5 Å². The van der Waals surface area contributed by atoms with E-state index in [4.69, 9.17) is 14.2 Å². The summed E-state index contributed by atoms with van der Waals surface area (Å²) in [7, 11) is 4.10. The van der Waals surface area contributed by atoms with E-state index in [2.05, 4.69) is 47.3 Å². The first-order chi connectivity index (χ1) is 18.2. The highest BCUT2D eigenvalue weighted by Gasteiger charge is 2.70. The first-order valence-corrected chi connectivity index (χ1v) is 13.5. The lowest BCUT2D eigenvalue weighted by Gasteiger charge is -2.46. The molecule has 4 fully saturated rings. The zero-order valence-electron chi connectivity index (χ0n) is 22.4. The van der Waals surface area contributed by atoms with E-state index in [1.165, 1.54) is 5.56 Å². The molecule has 6 heterocycles. The Morgan fingerprint density at radius 2 is 2.08 bits per heavy atom. The van der Waals surface area contributed by atoms with E-state index < -0.39 is 11.6 Å². The number of amides is 1. The van der Waals surface area contributed by atoms with Crippen LogP contribution >= 0.6 is 0 Å². The van der Waals surface area contributed by atoms with Gasteiger partial charge in [-0.25, -0.2) is 4.68 Å². The minimum atomic E-state index is -0.537. The Hall–Kier alpha value is -3.08. The Morgan fingerprint density at radius 1 is 1.26 bits per heavy atom. The van der Waals surface area contributed by atoms with Crippen LogP contribution in [-0.2, 0) is 32.8 Å². The first kappa shape index (κ1) is 24.0. The van der Waals surface area contributed by atoms with Crippen molar-refractivity contribution in [3.8, 4) is 5.75 Å². The molecule has 10 heteroatoms. The van der Waals surface area contributed by atoms with Gasteiger partial charge in [0.1, 0.15) is 23.1 Å². The van der Waals surface area contributed by atoms with Crippen molar-refractivity contribution in [3.05, 3.63) is 47.4 Å². The van der Waals surface area contributed by atoms with Gasteiger partial charge in [-0.15, -0.1) is 5.10 Å². The summed E-state index contributed by atoms with van der Waals surface area (Å²) in [6.07, 6.45) is 5.38. The number of hydrogen-bond donors (Lipinski definition) is 0. The van der Waals surface area contributed by atoms with Gasteiger partial charge < -0.3 is 24.0 Å². The Morgan fingerprint density at radius 3 is 2.87 bits per heavy atom. The lowest BCUT2D eigenvalue weighted by atomic mass is 9.66. The maximum absolute atomic E-state index is 13.4. The Balaban J connectivity index is 1.10. The molecular formula is C28H34N6O4. The van der Waals surface area contributed by atoms with Crippen LogP contribution in [0, 0.1) is 0 Å². The standard InChI is InChI=1S/C28H34N6O4/c1-17(37-20-5-6-23-22(9-20)21-7-8-36-14-18(21)10-29-23)24-13-34(31-30-24)28-15-27(2,16-28)38-25(28)26(35)33-11-19(12-33)32(3)4/h5-6,9-10,13,17,19,25H,7-8,11-12,14-16H2,1-4H3/t17-,25+,27?,28?/m1/s1. The van der Waals surface area contributed by atoms with E-state index in [-0.39, 0.29) is 17.6 Å². The van der Waals surface area contributed by atoms with Crippen molar-refractivity contribution < 1.29 is 19.0 Å². The number of pyridine rings is 1. The topological polar surface area (TPSA) is 94.8 Å². The number of nitrogens with zero attached hydrogens (tertiary/aromatic N) is 6. The minimum Gasteiger partial charge on any atom is -0.484 e. The quantitative estimate of drug-likeness (QED) is 0.491. The molecule has 8 rings (SSSR count). The largest absolute Gasteiger partial charge is 0.484 e. The third-order valence-electron chi connectivity index (χ3n) is 8.87.